The van der Waals surface area contributed by atoms with Gasteiger partial charge in [-0.2, -0.15) is 0 Å². The minimum atomic E-state index is -1.13. The van der Waals surface area contributed by atoms with Crippen LogP contribution in [0.25, 0.3) is 0 Å². The zero-order chi connectivity index (χ0) is 10.5. The molecule has 14 heavy (non-hydrogen) atoms. The van der Waals surface area contributed by atoms with Crippen LogP contribution in [0.1, 0.15) is 6.92 Å². The van der Waals surface area contributed by atoms with Crippen molar-refractivity contribution < 1.29 is 20.4 Å². The number of rotatable bonds is 2. The van der Waals surface area contributed by atoms with E-state index in [4.69, 9.17) is 5.11 Å². The van der Waals surface area contributed by atoms with E-state index in [0.29, 0.717) is 0 Å². The summed E-state index contributed by atoms with van der Waals surface area (Å²) < 4.78 is 0. The number of hydrogen-bond acceptors (Lipinski definition) is 5. The highest BCUT2D eigenvalue weighted by atomic mass is 16.4. The summed E-state index contributed by atoms with van der Waals surface area (Å²) in [7, 11) is 0. The third-order valence-corrected chi connectivity index (χ3v) is 3.53. The van der Waals surface area contributed by atoms with E-state index in [1.807, 2.05) is 11.8 Å². The quantitative estimate of drug-likeness (QED) is 0.382. The first kappa shape index (κ1) is 10.3. The van der Waals surface area contributed by atoms with Gasteiger partial charge in [0.1, 0.15) is 6.10 Å². The number of likely N-dealkylation sites (tertiary alicyclic amines) is 1. The fraction of sp³-hybridized carbons (Fsp3) is 1.00. The molecule has 1 saturated heterocycles. The van der Waals surface area contributed by atoms with Gasteiger partial charge in [0.25, 0.3) is 0 Å². The van der Waals surface area contributed by atoms with Gasteiger partial charge in [-0.05, 0) is 6.54 Å². The average Bonchev–Trinajstić information content (AvgIpc) is 2.89. The summed E-state index contributed by atoms with van der Waals surface area (Å²) in [6.07, 6.45) is -3.05. The van der Waals surface area contributed by atoms with Crippen LogP contribution >= 0.6 is 0 Å². The van der Waals surface area contributed by atoms with Crippen molar-refractivity contribution in [3.8, 4) is 0 Å². The lowest BCUT2D eigenvalue weighted by Crippen LogP contribution is -2.52. The topological polar surface area (TPSA) is 83.9 Å². The maximum atomic E-state index is 9.64. The van der Waals surface area contributed by atoms with Gasteiger partial charge in [0.2, 0.25) is 0 Å². The lowest BCUT2D eigenvalue weighted by atomic mass is 9.83. The third-order valence-electron chi connectivity index (χ3n) is 3.53. The van der Waals surface area contributed by atoms with Gasteiger partial charge in [0.05, 0.1) is 24.9 Å². The largest absolute Gasteiger partial charge is 0.396 e. The molecule has 2 fully saturated rings. The fourth-order valence-corrected chi connectivity index (χ4v) is 2.71. The van der Waals surface area contributed by atoms with E-state index >= 15 is 0 Å². The molecule has 0 spiro atoms. The van der Waals surface area contributed by atoms with Gasteiger partial charge < -0.3 is 20.4 Å². The number of aliphatic hydroxyl groups is 4. The summed E-state index contributed by atoms with van der Waals surface area (Å²) in [5.41, 5.74) is 0. The predicted molar refractivity (Wildman–Crippen MR) is 48.6 cm³/mol. The van der Waals surface area contributed by atoms with Crippen molar-refractivity contribution >= 4 is 0 Å². The Labute approximate surface area is 82.6 Å². The van der Waals surface area contributed by atoms with Crippen molar-refractivity contribution in [1.82, 2.24) is 4.90 Å². The van der Waals surface area contributed by atoms with Crippen molar-refractivity contribution in [1.29, 1.82) is 0 Å². The zero-order valence-electron chi connectivity index (χ0n) is 8.11. The highest BCUT2D eigenvalue weighted by molar-refractivity contribution is 5.16. The van der Waals surface area contributed by atoms with Crippen LogP contribution in [0.3, 0.4) is 0 Å². The molecule has 0 aromatic carbocycles. The summed E-state index contributed by atoms with van der Waals surface area (Å²) in [5, 5.41) is 37.9. The van der Waals surface area contributed by atoms with Crippen LogP contribution in [0.4, 0.5) is 0 Å². The van der Waals surface area contributed by atoms with E-state index in [-0.39, 0.29) is 24.6 Å². The van der Waals surface area contributed by atoms with Crippen molar-refractivity contribution in [3.63, 3.8) is 0 Å². The Morgan fingerprint density at radius 1 is 1.00 bits per heavy atom. The van der Waals surface area contributed by atoms with Crippen LogP contribution in [-0.4, -0.2) is 68.9 Å². The third kappa shape index (κ3) is 1.20. The first-order valence-corrected chi connectivity index (χ1v) is 5.04. The molecule has 5 heteroatoms. The smallest absolute Gasteiger partial charge is 0.108 e. The molecule has 1 unspecified atom stereocenters. The van der Waals surface area contributed by atoms with E-state index < -0.39 is 18.3 Å². The van der Waals surface area contributed by atoms with E-state index in [1.165, 1.54) is 0 Å². The zero-order valence-corrected chi connectivity index (χ0v) is 8.11. The Kier molecular flexibility index (Phi) is 2.53. The highest BCUT2D eigenvalue weighted by Gasteiger charge is 2.62. The minimum absolute atomic E-state index is 0.0263. The normalized spacial score (nSPS) is 56.8. The molecule has 0 bridgehead atoms. The number of fused-ring (bicyclic) bond motifs is 1. The number of nitrogens with zero attached hydrogens (tertiary/aromatic N) is 1. The van der Waals surface area contributed by atoms with E-state index in [2.05, 4.69) is 0 Å². The van der Waals surface area contributed by atoms with Crippen molar-refractivity contribution in [2.24, 2.45) is 5.92 Å². The molecule has 4 N–H and O–H groups in total. The van der Waals surface area contributed by atoms with Crippen LogP contribution in [0.15, 0.2) is 0 Å². The molecule has 0 aromatic heterocycles. The molecule has 1 aliphatic carbocycles. The van der Waals surface area contributed by atoms with E-state index in [1.54, 1.807) is 0 Å². The van der Waals surface area contributed by atoms with E-state index in [0.717, 1.165) is 6.54 Å². The van der Waals surface area contributed by atoms with Crippen LogP contribution in [-0.2, 0) is 0 Å². The standard InChI is InChI=1S/C9H17NO4/c1-2-10-5-4(3-11)7(12)9(14)8(13)6(5)10/h4-9,11-14H,2-3H2,1H3/t4-,5+,6+,7+,8-,9-,10?/m0/s1. The van der Waals surface area contributed by atoms with Crippen LogP contribution in [0, 0.1) is 5.92 Å². The lowest BCUT2D eigenvalue weighted by molar-refractivity contribution is -0.105. The first-order chi connectivity index (χ1) is 6.63. The highest BCUT2D eigenvalue weighted by Crippen LogP contribution is 2.43. The molecule has 1 heterocycles. The molecule has 5 nitrogen and oxygen atoms in total. The Balaban J connectivity index is 2.15. The maximum Gasteiger partial charge on any atom is 0.108 e. The van der Waals surface area contributed by atoms with Gasteiger partial charge in [-0.15, -0.1) is 0 Å². The van der Waals surface area contributed by atoms with Crippen LogP contribution < -0.4 is 0 Å². The van der Waals surface area contributed by atoms with Gasteiger partial charge >= 0.3 is 0 Å². The minimum Gasteiger partial charge on any atom is -0.396 e. The molecule has 0 radical (unpaired) electrons. The molecular formula is C9H17NO4. The van der Waals surface area contributed by atoms with Crippen LogP contribution in [0.2, 0.25) is 0 Å². The van der Waals surface area contributed by atoms with Crippen molar-refractivity contribution in [3.05, 3.63) is 0 Å². The number of likely N-dealkylation sites (N-methyl/N-ethyl adjacent to an activating group) is 1. The van der Waals surface area contributed by atoms with Gasteiger partial charge in [-0.3, -0.25) is 4.90 Å². The molecule has 2 rings (SSSR count). The monoisotopic (exact) mass is 203 g/mol. The molecule has 0 amide bonds. The number of hydrogen-bond donors (Lipinski definition) is 4. The summed E-state index contributed by atoms with van der Waals surface area (Å²) in [6, 6.07) is -0.0612. The average molecular weight is 203 g/mol. The van der Waals surface area contributed by atoms with Gasteiger partial charge in [-0.1, -0.05) is 6.92 Å². The Hall–Kier alpha value is -0.200. The molecule has 1 aliphatic heterocycles. The maximum absolute atomic E-state index is 9.64. The molecule has 2 aliphatic rings. The summed E-state index contributed by atoms with van der Waals surface area (Å²) >= 11 is 0. The molecule has 82 valence electrons. The molecule has 7 atom stereocenters. The lowest BCUT2D eigenvalue weighted by Gasteiger charge is -2.32. The molecular weight excluding hydrogens is 186 g/mol. The second-order valence-corrected chi connectivity index (χ2v) is 4.13. The summed E-state index contributed by atoms with van der Waals surface area (Å²) in [4.78, 5) is 1.99. The SMILES string of the molecule is CCN1[C@@H]2[C@H](CO)[C@@H](O)[C@H](O)[C@@H](O)[C@@H]21. The Morgan fingerprint density at radius 2 is 1.64 bits per heavy atom. The fourth-order valence-electron chi connectivity index (χ4n) is 2.71. The second kappa shape index (κ2) is 3.43. The summed E-state index contributed by atoms with van der Waals surface area (Å²) in [6.45, 7) is 2.57. The Morgan fingerprint density at radius 3 is 2.14 bits per heavy atom. The van der Waals surface area contributed by atoms with Crippen LogP contribution in [0.5, 0.6) is 0 Å². The van der Waals surface area contributed by atoms with Gasteiger partial charge in [0, 0.05) is 12.0 Å². The molecule has 1 saturated carbocycles. The molecule has 0 aromatic rings. The predicted octanol–water partition coefficient (Wildman–Crippen LogP) is -2.24. The van der Waals surface area contributed by atoms with Crippen molar-refractivity contribution in [2.75, 3.05) is 13.2 Å². The van der Waals surface area contributed by atoms with Crippen molar-refractivity contribution in [2.45, 2.75) is 37.3 Å². The van der Waals surface area contributed by atoms with E-state index in [9.17, 15) is 15.3 Å². The van der Waals surface area contributed by atoms with Gasteiger partial charge in [0.15, 0.2) is 0 Å². The first-order valence-electron chi connectivity index (χ1n) is 5.04. The Bertz CT molecular complexity index is 223. The van der Waals surface area contributed by atoms with Gasteiger partial charge in [-0.25, -0.2) is 0 Å². The second-order valence-electron chi connectivity index (χ2n) is 4.13. The number of aliphatic hydroxyl groups excluding tert-OH is 4. The summed E-state index contributed by atoms with van der Waals surface area (Å²) in [5.74, 6) is -0.335.